The Labute approximate surface area is 168 Å². The summed E-state index contributed by atoms with van der Waals surface area (Å²) in [5, 5.41) is 18.2. The number of benzene rings is 1. The lowest BCUT2D eigenvalue weighted by atomic mass is 9.68. The largest absolute Gasteiger partial charge is 0.491 e. The van der Waals surface area contributed by atoms with Gasteiger partial charge in [0.05, 0.1) is 0 Å². The highest BCUT2D eigenvalue weighted by molar-refractivity contribution is 6.58. The van der Waals surface area contributed by atoms with Crippen LogP contribution in [0.3, 0.4) is 0 Å². The minimum absolute atomic E-state index is 0.346. The van der Waals surface area contributed by atoms with Crippen molar-refractivity contribution >= 4 is 12.6 Å². The summed E-state index contributed by atoms with van der Waals surface area (Å²) in [5.74, 6) is 1.29. The van der Waals surface area contributed by atoms with Crippen molar-refractivity contribution in [3.8, 4) is 0 Å². The van der Waals surface area contributed by atoms with Crippen LogP contribution in [-0.2, 0) is 6.42 Å². The first-order chi connectivity index (χ1) is 13.5. The van der Waals surface area contributed by atoms with Crippen molar-refractivity contribution in [2.75, 3.05) is 0 Å². The molecule has 1 aromatic rings. The van der Waals surface area contributed by atoms with E-state index in [1.165, 1.54) is 76.3 Å². The average Bonchev–Trinajstić information content (AvgIpc) is 2.70. The van der Waals surface area contributed by atoms with Gasteiger partial charge in [-0.05, 0) is 67.8 Å². The molecule has 0 radical (unpaired) electrons. The molecule has 2 N–H and O–H groups in total. The Hall–Kier alpha value is -0.935. The average molecular weight is 392 g/mol. The fourth-order valence-corrected chi connectivity index (χ4v) is 5.66. The molecule has 0 heterocycles. The van der Waals surface area contributed by atoms with Crippen molar-refractivity contribution in [2.45, 2.75) is 84.0 Å². The summed E-state index contributed by atoms with van der Waals surface area (Å²) in [6.45, 7) is 2.29. The van der Waals surface area contributed by atoms with Gasteiger partial charge in [-0.15, -0.1) is 0 Å². The molecule has 0 atom stereocenters. The third-order valence-electron chi connectivity index (χ3n) is 7.44. The van der Waals surface area contributed by atoms with Crippen molar-refractivity contribution in [1.82, 2.24) is 0 Å². The van der Waals surface area contributed by atoms with Crippen molar-refractivity contribution in [1.29, 1.82) is 0 Å². The van der Waals surface area contributed by atoms with Gasteiger partial charge in [0.2, 0.25) is 0 Å². The minimum Gasteiger partial charge on any atom is -0.423 e. The van der Waals surface area contributed by atoms with E-state index in [-0.39, 0.29) is 0 Å². The zero-order valence-electron chi connectivity index (χ0n) is 17.2. The molecule has 5 heteroatoms. The van der Waals surface area contributed by atoms with E-state index in [1.807, 2.05) is 0 Å². The number of rotatable bonds is 7. The molecule has 2 aliphatic carbocycles. The highest BCUT2D eigenvalue weighted by Gasteiger charge is 2.30. The topological polar surface area (TPSA) is 40.5 Å². The van der Waals surface area contributed by atoms with Crippen molar-refractivity contribution in [2.24, 2.45) is 23.7 Å². The van der Waals surface area contributed by atoms with Gasteiger partial charge in [0.1, 0.15) is 0 Å². The fraction of sp³-hybridized carbons (Fsp3) is 0.739. The van der Waals surface area contributed by atoms with Gasteiger partial charge in [-0.2, -0.15) is 0 Å². The molecule has 0 aromatic heterocycles. The van der Waals surface area contributed by atoms with Crippen molar-refractivity contribution < 1.29 is 18.8 Å². The maximum Gasteiger partial charge on any atom is 0.491 e. The van der Waals surface area contributed by atoms with E-state index < -0.39 is 24.2 Å². The molecule has 0 unspecified atom stereocenters. The van der Waals surface area contributed by atoms with Gasteiger partial charge in [-0.3, -0.25) is 0 Å². The normalized spacial score (nSPS) is 28.3. The number of aryl methyl sites for hydroxylation is 1. The van der Waals surface area contributed by atoms with E-state index in [1.54, 1.807) is 0 Å². The van der Waals surface area contributed by atoms with Gasteiger partial charge < -0.3 is 10.0 Å². The maximum atomic E-state index is 14.2. The van der Waals surface area contributed by atoms with E-state index in [2.05, 4.69) is 6.92 Å². The van der Waals surface area contributed by atoms with Crippen LogP contribution in [-0.4, -0.2) is 17.2 Å². The minimum atomic E-state index is -1.98. The SMILES string of the molecule is CCCC1CCC(C2CCC(CCc3ccc(B(O)O)c(F)c3F)CC2)CC1. The first-order valence-electron chi connectivity index (χ1n) is 11.3. The summed E-state index contributed by atoms with van der Waals surface area (Å²) in [4.78, 5) is 0. The summed E-state index contributed by atoms with van der Waals surface area (Å²) in [7, 11) is -1.98. The molecule has 28 heavy (non-hydrogen) atoms. The van der Waals surface area contributed by atoms with Crippen LogP contribution < -0.4 is 5.46 Å². The maximum absolute atomic E-state index is 14.2. The van der Waals surface area contributed by atoms with Crippen molar-refractivity contribution in [3.63, 3.8) is 0 Å². The second-order valence-corrected chi connectivity index (χ2v) is 9.20. The smallest absolute Gasteiger partial charge is 0.423 e. The van der Waals surface area contributed by atoms with Gasteiger partial charge in [0, 0.05) is 5.46 Å². The lowest BCUT2D eigenvalue weighted by Gasteiger charge is -2.38. The van der Waals surface area contributed by atoms with E-state index in [4.69, 9.17) is 10.0 Å². The number of halogens is 2. The molecular formula is C23H35BF2O2. The Balaban J connectivity index is 1.43. The van der Waals surface area contributed by atoms with Gasteiger partial charge in [-0.25, -0.2) is 8.78 Å². The first-order valence-corrected chi connectivity index (χ1v) is 11.3. The lowest BCUT2D eigenvalue weighted by molar-refractivity contribution is 0.141. The van der Waals surface area contributed by atoms with Crippen LogP contribution in [0.1, 0.15) is 83.1 Å². The van der Waals surface area contributed by atoms with E-state index >= 15 is 0 Å². The Morgan fingerprint density at radius 2 is 1.36 bits per heavy atom. The molecule has 2 fully saturated rings. The number of hydrogen-bond donors (Lipinski definition) is 2. The molecule has 2 saturated carbocycles. The molecule has 1 aromatic carbocycles. The summed E-state index contributed by atoms with van der Waals surface area (Å²) in [6, 6.07) is 2.78. The zero-order chi connectivity index (χ0) is 20.1. The van der Waals surface area contributed by atoms with Crippen LogP contribution in [0.4, 0.5) is 8.78 Å². The molecule has 0 spiro atoms. The van der Waals surface area contributed by atoms with Gasteiger partial charge in [0.15, 0.2) is 11.6 Å². The Bertz CT molecular complexity index is 621. The van der Waals surface area contributed by atoms with Gasteiger partial charge >= 0.3 is 7.12 Å². The van der Waals surface area contributed by atoms with Crippen LogP contribution in [0.25, 0.3) is 0 Å². The van der Waals surface area contributed by atoms with E-state index in [9.17, 15) is 8.78 Å². The van der Waals surface area contributed by atoms with Crippen molar-refractivity contribution in [3.05, 3.63) is 29.3 Å². The Morgan fingerprint density at radius 3 is 1.86 bits per heavy atom. The third-order valence-corrected chi connectivity index (χ3v) is 7.44. The number of hydrogen-bond acceptors (Lipinski definition) is 2. The quantitative estimate of drug-likeness (QED) is 0.642. The molecular weight excluding hydrogens is 357 g/mol. The van der Waals surface area contributed by atoms with E-state index in [0.717, 1.165) is 24.2 Å². The van der Waals surface area contributed by atoms with Crippen LogP contribution >= 0.6 is 0 Å². The lowest BCUT2D eigenvalue weighted by Crippen LogP contribution is -2.33. The predicted octanol–water partition coefficient (Wildman–Crippen LogP) is 4.99. The van der Waals surface area contributed by atoms with Gasteiger partial charge in [0.25, 0.3) is 0 Å². The van der Waals surface area contributed by atoms with E-state index in [0.29, 0.717) is 17.9 Å². The molecule has 2 aliphatic rings. The second-order valence-electron chi connectivity index (χ2n) is 9.20. The van der Waals surface area contributed by atoms with Gasteiger partial charge in [-0.1, -0.05) is 57.6 Å². The highest BCUT2D eigenvalue weighted by Crippen LogP contribution is 2.43. The Kier molecular flexibility index (Phi) is 7.93. The molecule has 3 rings (SSSR count). The third kappa shape index (κ3) is 5.35. The molecule has 2 nitrogen and oxygen atoms in total. The molecule has 0 amide bonds. The highest BCUT2D eigenvalue weighted by atomic mass is 19.2. The Morgan fingerprint density at radius 1 is 0.821 bits per heavy atom. The summed E-state index contributed by atoms with van der Waals surface area (Å²) < 4.78 is 28.1. The molecule has 0 bridgehead atoms. The fourth-order valence-electron chi connectivity index (χ4n) is 5.66. The zero-order valence-corrected chi connectivity index (χ0v) is 17.2. The van der Waals surface area contributed by atoms with Crippen LogP contribution in [0.15, 0.2) is 12.1 Å². The summed E-state index contributed by atoms with van der Waals surface area (Å²) in [6.07, 6.45) is 14.8. The standard InChI is InChI=1S/C23H35BF2O2/c1-2-3-16-4-9-18(10-5-16)19-11-6-17(7-12-19)8-13-20-14-15-21(24(27)28)23(26)22(20)25/h14-19,27-28H,2-13H2,1H3. The summed E-state index contributed by atoms with van der Waals surface area (Å²) in [5.41, 5.74) is -0.0475. The molecule has 0 saturated heterocycles. The van der Waals surface area contributed by atoms with Crippen LogP contribution in [0.5, 0.6) is 0 Å². The van der Waals surface area contributed by atoms with Crippen LogP contribution in [0.2, 0.25) is 0 Å². The second kappa shape index (κ2) is 10.2. The molecule has 156 valence electrons. The monoisotopic (exact) mass is 392 g/mol. The molecule has 0 aliphatic heterocycles. The predicted molar refractivity (Wildman–Crippen MR) is 110 cm³/mol. The first kappa shape index (κ1) is 21.8. The van der Waals surface area contributed by atoms with Crippen LogP contribution in [0, 0.1) is 35.3 Å². The summed E-state index contributed by atoms with van der Waals surface area (Å²) >= 11 is 0.